The van der Waals surface area contributed by atoms with Gasteiger partial charge in [0.1, 0.15) is 0 Å². The highest BCUT2D eigenvalue weighted by Gasteiger charge is 2.16. The van der Waals surface area contributed by atoms with E-state index in [0.29, 0.717) is 12.5 Å². The minimum absolute atomic E-state index is 0.414. The number of rotatable bonds is 3. The number of aromatic nitrogens is 1. The van der Waals surface area contributed by atoms with Crippen LogP contribution in [0.5, 0.6) is 0 Å². The van der Waals surface area contributed by atoms with Crippen LogP contribution in [0.2, 0.25) is 0 Å². The fourth-order valence-corrected chi connectivity index (χ4v) is 2.55. The van der Waals surface area contributed by atoms with Crippen molar-refractivity contribution in [1.29, 1.82) is 0 Å². The van der Waals surface area contributed by atoms with Crippen molar-refractivity contribution in [3.05, 3.63) is 11.1 Å². The van der Waals surface area contributed by atoms with Crippen LogP contribution in [-0.4, -0.2) is 37.8 Å². The van der Waals surface area contributed by atoms with Crippen LogP contribution in [0.1, 0.15) is 17.7 Å². The molecule has 0 aromatic carbocycles. The van der Waals surface area contributed by atoms with Crippen molar-refractivity contribution in [2.75, 3.05) is 37.7 Å². The van der Waals surface area contributed by atoms with Gasteiger partial charge in [-0.25, -0.2) is 4.98 Å². The van der Waals surface area contributed by atoms with Crippen LogP contribution in [0, 0.1) is 0 Å². The number of ether oxygens (including phenoxy) is 1. The Hall–Kier alpha value is -0.650. The number of hydrogen-bond acceptors (Lipinski definition) is 5. The molecule has 1 aromatic rings. The monoisotopic (exact) mass is 227 g/mol. The average molecular weight is 227 g/mol. The summed E-state index contributed by atoms with van der Waals surface area (Å²) in [6, 6.07) is 0. The topological polar surface area (TPSA) is 51.4 Å². The first-order valence-corrected chi connectivity index (χ1v) is 6.11. The maximum atomic E-state index is 5.64. The summed E-state index contributed by atoms with van der Waals surface area (Å²) in [6.07, 6.45) is 1.95. The highest BCUT2D eigenvalue weighted by atomic mass is 32.1. The molecule has 2 N–H and O–H groups in total. The Labute approximate surface area is 94.1 Å². The Morgan fingerprint density at radius 3 is 3.00 bits per heavy atom. The average Bonchev–Trinajstić information content (AvgIpc) is 2.78. The molecule has 0 bridgehead atoms. The fourth-order valence-electron chi connectivity index (χ4n) is 1.52. The molecule has 2 rings (SSSR count). The van der Waals surface area contributed by atoms with Crippen LogP contribution in [0.15, 0.2) is 6.20 Å². The maximum absolute atomic E-state index is 5.64. The molecule has 0 spiro atoms. The van der Waals surface area contributed by atoms with Crippen molar-refractivity contribution >= 4 is 16.5 Å². The molecule has 4 nitrogen and oxygen atoms in total. The normalized spacial score (nSPS) is 19.2. The van der Waals surface area contributed by atoms with Crippen molar-refractivity contribution < 1.29 is 4.74 Å². The van der Waals surface area contributed by atoms with E-state index in [9.17, 15) is 0 Å². The first-order chi connectivity index (χ1) is 7.31. The van der Waals surface area contributed by atoms with Gasteiger partial charge in [-0.1, -0.05) is 6.92 Å². The second-order valence-electron chi connectivity index (χ2n) is 3.78. The van der Waals surface area contributed by atoms with Crippen LogP contribution in [0.3, 0.4) is 0 Å². The van der Waals surface area contributed by atoms with Crippen molar-refractivity contribution in [3.63, 3.8) is 0 Å². The molecule has 1 fully saturated rings. The lowest BCUT2D eigenvalue weighted by Gasteiger charge is -2.26. The predicted octanol–water partition coefficient (Wildman–Crippen LogP) is 1.04. The third-order valence-corrected chi connectivity index (χ3v) is 3.92. The largest absolute Gasteiger partial charge is 0.378 e. The van der Waals surface area contributed by atoms with E-state index in [1.54, 1.807) is 11.3 Å². The molecule has 1 aromatic heterocycles. The molecule has 1 unspecified atom stereocenters. The lowest BCUT2D eigenvalue weighted by atomic mass is 10.2. The van der Waals surface area contributed by atoms with Crippen molar-refractivity contribution in [2.24, 2.45) is 5.73 Å². The summed E-state index contributed by atoms with van der Waals surface area (Å²) in [6.45, 7) is 6.33. The highest BCUT2D eigenvalue weighted by molar-refractivity contribution is 7.15. The van der Waals surface area contributed by atoms with Gasteiger partial charge in [0, 0.05) is 30.1 Å². The third kappa shape index (κ3) is 2.48. The fraction of sp³-hybridized carbons (Fsp3) is 0.700. The van der Waals surface area contributed by atoms with Crippen LogP contribution >= 0.6 is 11.3 Å². The van der Waals surface area contributed by atoms with Crippen molar-refractivity contribution in [2.45, 2.75) is 12.8 Å². The van der Waals surface area contributed by atoms with E-state index < -0.39 is 0 Å². The first kappa shape index (κ1) is 10.9. The summed E-state index contributed by atoms with van der Waals surface area (Å²) in [7, 11) is 0. The lowest BCUT2D eigenvalue weighted by molar-refractivity contribution is 0.122. The van der Waals surface area contributed by atoms with Gasteiger partial charge in [0.2, 0.25) is 0 Å². The van der Waals surface area contributed by atoms with E-state index in [2.05, 4.69) is 16.8 Å². The quantitative estimate of drug-likeness (QED) is 0.838. The summed E-state index contributed by atoms with van der Waals surface area (Å²) < 4.78 is 5.31. The molecule has 0 saturated carbocycles. The molecule has 0 radical (unpaired) electrons. The molecule has 1 atom stereocenters. The Morgan fingerprint density at radius 1 is 1.60 bits per heavy atom. The van der Waals surface area contributed by atoms with E-state index in [1.165, 1.54) is 4.88 Å². The summed E-state index contributed by atoms with van der Waals surface area (Å²) in [4.78, 5) is 8.00. The van der Waals surface area contributed by atoms with E-state index in [-0.39, 0.29) is 0 Å². The molecule has 1 aliphatic heterocycles. The standard InChI is InChI=1S/C10H17N3OS/c1-8(6-11)9-7-12-10(15-9)13-2-4-14-5-3-13/h7-8H,2-6,11H2,1H3. The number of nitrogens with zero attached hydrogens (tertiary/aromatic N) is 2. The van der Waals surface area contributed by atoms with Crippen LogP contribution < -0.4 is 10.6 Å². The van der Waals surface area contributed by atoms with Gasteiger partial charge < -0.3 is 15.4 Å². The SMILES string of the molecule is CC(CN)c1cnc(N2CCOCC2)s1. The molecule has 1 aliphatic rings. The minimum atomic E-state index is 0.414. The van der Waals surface area contributed by atoms with E-state index in [0.717, 1.165) is 31.4 Å². The van der Waals surface area contributed by atoms with Crippen molar-refractivity contribution in [3.8, 4) is 0 Å². The van der Waals surface area contributed by atoms with Crippen LogP contribution in [-0.2, 0) is 4.74 Å². The predicted molar refractivity (Wildman–Crippen MR) is 62.6 cm³/mol. The molecule has 0 amide bonds. The Morgan fingerprint density at radius 2 is 2.33 bits per heavy atom. The number of hydrogen-bond donors (Lipinski definition) is 1. The number of thiazole rings is 1. The zero-order valence-electron chi connectivity index (χ0n) is 8.98. The third-order valence-electron chi connectivity index (χ3n) is 2.63. The van der Waals surface area contributed by atoms with Gasteiger partial charge in [0.25, 0.3) is 0 Å². The smallest absolute Gasteiger partial charge is 0.185 e. The molecule has 5 heteroatoms. The van der Waals surface area contributed by atoms with E-state index in [4.69, 9.17) is 10.5 Å². The van der Waals surface area contributed by atoms with Gasteiger partial charge in [-0.2, -0.15) is 0 Å². The van der Waals surface area contributed by atoms with Gasteiger partial charge in [-0.15, -0.1) is 11.3 Å². The van der Waals surface area contributed by atoms with Crippen LogP contribution in [0.25, 0.3) is 0 Å². The Kier molecular flexibility index (Phi) is 3.56. The molecule has 1 saturated heterocycles. The molecule has 2 heterocycles. The molecular formula is C10H17N3OS. The summed E-state index contributed by atoms with van der Waals surface area (Å²) in [5.41, 5.74) is 5.64. The highest BCUT2D eigenvalue weighted by Crippen LogP contribution is 2.28. The zero-order valence-corrected chi connectivity index (χ0v) is 9.80. The molecule has 0 aliphatic carbocycles. The van der Waals surface area contributed by atoms with Gasteiger partial charge in [-0.05, 0) is 6.54 Å². The van der Waals surface area contributed by atoms with Gasteiger partial charge in [-0.3, -0.25) is 0 Å². The van der Waals surface area contributed by atoms with E-state index >= 15 is 0 Å². The molecular weight excluding hydrogens is 210 g/mol. The van der Waals surface area contributed by atoms with E-state index in [1.807, 2.05) is 6.20 Å². The summed E-state index contributed by atoms with van der Waals surface area (Å²) in [5.74, 6) is 0.414. The minimum Gasteiger partial charge on any atom is -0.378 e. The number of morpholine rings is 1. The molecule has 15 heavy (non-hydrogen) atoms. The lowest BCUT2D eigenvalue weighted by Crippen LogP contribution is -2.36. The van der Waals surface area contributed by atoms with Gasteiger partial charge in [0.15, 0.2) is 5.13 Å². The second kappa shape index (κ2) is 4.92. The van der Waals surface area contributed by atoms with Gasteiger partial charge >= 0.3 is 0 Å². The van der Waals surface area contributed by atoms with Crippen LogP contribution in [0.4, 0.5) is 5.13 Å². The number of nitrogens with two attached hydrogens (primary N) is 1. The second-order valence-corrected chi connectivity index (χ2v) is 4.82. The summed E-state index contributed by atoms with van der Waals surface area (Å²) >= 11 is 1.75. The number of anilines is 1. The maximum Gasteiger partial charge on any atom is 0.185 e. The first-order valence-electron chi connectivity index (χ1n) is 5.29. The Bertz CT molecular complexity index is 309. The molecule has 84 valence electrons. The van der Waals surface area contributed by atoms with Gasteiger partial charge in [0.05, 0.1) is 13.2 Å². The zero-order chi connectivity index (χ0) is 10.7. The summed E-state index contributed by atoms with van der Waals surface area (Å²) in [5, 5.41) is 1.11. The van der Waals surface area contributed by atoms with Crippen molar-refractivity contribution in [1.82, 2.24) is 4.98 Å². The Balaban J connectivity index is 2.05.